The highest BCUT2D eigenvalue weighted by Crippen LogP contribution is 2.09. The maximum atomic E-state index is 11.2. The molecule has 0 heterocycles. The zero-order valence-corrected chi connectivity index (χ0v) is 9.99. The van der Waals surface area contributed by atoms with Crippen LogP contribution < -0.4 is 16.4 Å². The summed E-state index contributed by atoms with van der Waals surface area (Å²) in [5, 5.41) is 5.38. The smallest absolute Gasteiger partial charge is 0.236 e. The van der Waals surface area contributed by atoms with Crippen molar-refractivity contribution in [2.75, 3.05) is 5.32 Å². The molecule has 0 aliphatic heterocycles. The molecule has 1 unspecified atom stereocenters. The second-order valence-corrected chi connectivity index (χ2v) is 3.88. The van der Waals surface area contributed by atoms with Crippen LogP contribution in [0.2, 0.25) is 0 Å². The fourth-order valence-electron chi connectivity index (χ4n) is 1.26. The Bertz CT molecular complexity index is 399. The van der Waals surface area contributed by atoms with Gasteiger partial charge in [0.05, 0.1) is 6.04 Å². The Balaban J connectivity index is 2.51. The van der Waals surface area contributed by atoms with Crippen LogP contribution in [0.4, 0.5) is 5.69 Å². The van der Waals surface area contributed by atoms with E-state index in [-0.39, 0.29) is 11.8 Å². The number of hydrogen-bond donors (Lipinski definition) is 3. The second kappa shape index (κ2) is 6.00. The van der Waals surface area contributed by atoms with Gasteiger partial charge in [0.2, 0.25) is 11.8 Å². The summed E-state index contributed by atoms with van der Waals surface area (Å²) in [4.78, 5) is 22.0. The van der Waals surface area contributed by atoms with E-state index in [1.54, 1.807) is 19.1 Å². The van der Waals surface area contributed by atoms with Crippen molar-refractivity contribution in [2.24, 2.45) is 5.73 Å². The van der Waals surface area contributed by atoms with E-state index < -0.39 is 6.04 Å². The standard InChI is InChI=1S/C12H17N3O2/c1-8(13)12(17)14-7-10-3-5-11(6-4-10)15-9(2)16/h3-6,8H,7,13H2,1-2H3,(H,14,17)(H,15,16). The summed E-state index contributed by atoms with van der Waals surface area (Å²) in [5.41, 5.74) is 7.11. The van der Waals surface area contributed by atoms with Gasteiger partial charge in [0.1, 0.15) is 0 Å². The number of anilines is 1. The Morgan fingerprint density at radius 1 is 1.29 bits per heavy atom. The molecular weight excluding hydrogens is 218 g/mol. The molecule has 0 aliphatic rings. The van der Waals surface area contributed by atoms with Crippen LogP contribution in [0.1, 0.15) is 19.4 Å². The normalized spacial score (nSPS) is 11.7. The van der Waals surface area contributed by atoms with Crippen molar-refractivity contribution < 1.29 is 9.59 Å². The average molecular weight is 235 g/mol. The van der Waals surface area contributed by atoms with Crippen LogP contribution in [0, 0.1) is 0 Å². The summed E-state index contributed by atoms with van der Waals surface area (Å²) in [7, 11) is 0. The van der Waals surface area contributed by atoms with Crippen LogP contribution in [0.3, 0.4) is 0 Å². The molecule has 92 valence electrons. The fraction of sp³-hybridized carbons (Fsp3) is 0.333. The van der Waals surface area contributed by atoms with Crippen molar-refractivity contribution in [1.82, 2.24) is 5.32 Å². The molecule has 2 amide bonds. The molecule has 17 heavy (non-hydrogen) atoms. The molecule has 0 bridgehead atoms. The largest absolute Gasteiger partial charge is 0.351 e. The van der Waals surface area contributed by atoms with E-state index in [0.29, 0.717) is 6.54 Å². The molecule has 0 fully saturated rings. The lowest BCUT2D eigenvalue weighted by Gasteiger charge is -2.08. The van der Waals surface area contributed by atoms with Crippen LogP contribution in [-0.4, -0.2) is 17.9 Å². The maximum Gasteiger partial charge on any atom is 0.236 e. The quantitative estimate of drug-likeness (QED) is 0.714. The van der Waals surface area contributed by atoms with Gasteiger partial charge in [0.25, 0.3) is 0 Å². The van der Waals surface area contributed by atoms with Crippen molar-refractivity contribution in [3.8, 4) is 0 Å². The molecule has 1 aromatic rings. The number of benzene rings is 1. The number of nitrogens with one attached hydrogen (secondary N) is 2. The molecule has 0 aliphatic carbocycles. The Morgan fingerprint density at radius 2 is 1.88 bits per heavy atom. The van der Waals surface area contributed by atoms with Gasteiger partial charge in [-0.2, -0.15) is 0 Å². The molecule has 1 atom stereocenters. The summed E-state index contributed by atoms with van der Waals surface area (Å²) in [6.45, 7) is 3.52. The highest BCUT2D eigenvalue weighted by Gasteiger charge is 2.05. The molecule has 1 aromatic carbocycles. The molecule has 1 rings (SSSR count). The lowest BCUT2D eigenvalue weighted by atomic mass is 10.2. The van der Waals surface area contributed by atoms with Crippen LogP contribution in [-0.2, 0) is 16.1 Å². The first-order chi connectivity index (χ1) is 7.99. The van der Waals surface area contributed by atoms with Crippen molar-refractivity contribution >= 4 is 17.5 Å². The molecular formula is C12H17N3O2. The molecule has 0 saturated carbocycles. The van der Waals surface area contributed by atoms with Gasteiger partial charge in [-0.05, 0) is 24.6 Å². The van der Waals surface area contributed by atoms with Crippen LogP contribution >= 0.6 is 0 Å². The molecule has 0 spiro atoms. The van der Waals surface area contributed by atoms with Gasteiger partial charge in [0, 0.05) is 19.2 Å². The van der Waals surface area contributed by atoms with E-state index in [1.807, 2.05) is 12.1 Å². The van der Waals surface area contributed by atoms with E-state index in [4.69, 9.17) is 5.73 Å². The molecule has 0 aromatic heterocycles. The summed E-state index contributed by atoms with van der Waals surface area (Å²) in [6.07, 6.45) is 0. The van der Waals surface area contributed by atoms with Crippen molar-refractivity contribution in [3.63, 3.8) is 0 Å². The fourth-order valence-corrected chi connectivity index (χ4v) is 1.26. The van der Waals surface area contributed by atoms with E-state index in [2.05, 4.69) is 10.6 Å². The molecule has 0 saturated heterocycles. The summed E-state index contributed by atoms with van der Waals surface area (Å²) < 4.78 is 0. The van der Waals surface area contributed by atoms with Crippen LogP contribution in [0.5, 0.6) is 0 Å². The number of carbonyl (C=O) groups excluding carboxylic acids is 2. The Hall–Kier alpha value is -1.88. The third-order valence-corrected chi connectivity index (χ3v) is 2.15. The van der Waals surface area contributed by atoms with Gasteiger partial charge in [0.15, 0.2) is 0 Å². The zero-order valence-electron chi connectivity index (χ0n) is 9.99. The molecule has 5 heteroatoms. The zero-order chi connectivity index (χ0) is 12.8. The van der Waals surface area contributed by atoms with Crippen LogP contribution in [0.15, 0.2) is 24.3 Å². The minimum Gasteiger partial charge on any atom is -0.351 e. The predicted molar refractivity (Wildman–Crippen MR) is 66.2 cm³/mol. The number of rotatable bonds is 4. The van der Waals surface area contributed by atoms with Crippen molar-refractivity contribution in [2.45, 2.75) is 26.4 Å². The average Bonchev–Trinajstić information content (AvgIpc) is 2.26. The first-order valence-corrected chi connectivity index (χ1v) is 5.39. The maximum absolute atomic E-state index is 11.2. The van der Waals surface area contributed by atoms with Crippen molar-refractivity contribution in [1.29, 1.82) is 0 Å². The minimum absolute atomic E-state index is 0.108. The monoisotopic (exact) mass is 235 g/mol. The van der Waals surface area contributed by atoms with Gasteiger partial charge in [-0.1, -0.05) is 12.1 Å². The third kappa shape index (κ3) is 4.65. The summed E-state index contributed by atoms with van der Waals surface area (Å²) >= 11 is 0. The van der Waals surface area contributed by atoms with E-state index in [0.717, 1.165) is 11.3 Å². The molecule has 5 nitrogen and oxygen atoms in total. The van der Waals surface area contributed by atoms with Crippen LogP contribution in [0.25, 0.3) is 0 Å². The first-order valence-electron chi connectivity index (χ1n) is 5.39. The minimum atomic E-state index is -0.506. The highest BCUT2D eigenvalue weighted by atomic mass is 16.2. The first kappa shape index (κ1) is 13.2. The van der Waals surface area contributed by atoms with Gasteiger partial charge < -0.3 is 16.4 Å². The molecule has 0 radical (unpaired) electrons. The second-order valence-electron chi connectivity index (χ2n) is 3.88. The van der Waals surface area contributed by atoms with E-state index in [1.165, 1.54) is 6.92 Å². The highest BCUT2D eigenvalue weighted by molar-refractivity contribution is 5.88. The van der Waals surface area contributed by atoms with E-state index in [9.17, 15) is 9.59 Å². The van der Waals surface area contributed by atoms with Gasteiger partial charge >= 0.3 is 0 Å². The molecule has 4 N–H and O–H groups in total. The number of hydrogen-bond acceptors (Lipinski definition) is 3. The summed E-state index contributed by atoms with van der Waals surface area (Å²) in [5.74, 6) is -0.293. The Morgan fingerprint density at radius 3 is 2.35 bits per heavy atom. The van der Waals surface area contributed by atoms with E-state index >= 15 is 0 Å². The third-order valence-electron chi connectivity index (χ3n) is 2.15. The van der Waals surface area contributed by atoms with Gasteiger partial charge in [-0.25, -0.2) is 0 Å². The lowest BCUT2D eigenvalue weighted by molar-refractivity contribution is -0.122. The lowest BCUT2D eigenvalue weighted by Crippen LogP contribution is -2.37. The Labute approximate surface area is 100 Å². The van der Waals surface area contributed by atoms with Crippen molar-refractivity contribution in [3.05, 3.63) is 29.8 Å². The topological polar surface area (TPSA) is 84.2 Å². The summed E-state index contributed by atoms with van der Waals surface area (Å²) in [6, 6.07) is 6.75. The SMILES string of the molecule is CC(=O)Nc1ccc(CNC(=O)C(C)N)cc1. The number of carbonyl (C=O) groups is 2. The van der Waals surface area contributed by atoms with Gasteiger partial charge in [-0.3, -0.25) is 9.59 Å². The predicted octanol–water partition coefficient (Wildman–Crippen LogP) is 0.608. The number of nitrogens with two attached hydrogens (primary N) is 1. The Kier molecular flexibility index (Phi) is 4.66. The van der Waals surface area contributed by atoms with Gasteiger partial charge in [-0.15, -0.1) is 0 Å². The number of amides is 2.